The van der Waals surface area contributed by atoms with Crippen molar-refractivity contribution in [1.82, 2.24) is 9.97 Å². The van der Waals surface area contributed by atoms with Gasteiger partial charge in [-0.3, -0.25) is 0 Å². The first-order chi connectivity index (χ1) is 12.6. The van der Waals surface area contributed by atoms with Crippen LogP contribution in [0.25, 0.3) is 10.9 Å². The van der Waals surface area contributed by atoms with E-state index in [-0.39, 0.29) is 4.90 Å². The third-order valence-electron chi connectivity index (χ3n) is 4.01. The quantitative estimate of drug-likeness (QED) is 0.611. The van der Waals surface area contributed by atoms with Gasteiger partial charge < -0.3 is 15.2 Å². The van der Waals surface area contributed by atoms with Crippen LogP contribution >= 0.6 is 0 Å². The van der Waals surface area contributed by atoms with E-state index in [0.717, 1.165) is 5.39 Å². The highest BCUT2D eigenvalue weighted by Gasteiger charge is 2.19. The van der Waals surface area contributed by atoms with Gasteiger partial charge in [0, 0.05) is 17.3 Å². The molecule has 2 aromatic carbocycles. The van der Waals surface area contributed by atoms with Gasteiger partial charge in [0.25, 0.3) is 0 Å². The molecule has 0 aliphatic carbocycles. The van der Waals surface area contributed by atoms with Gasteiger partial charge in [0.2, 0.25) is 16.0 Å². The fourth-order valence-corrected chi connectivity index (χ4v) is 3.05. The van der Waals surface area contributed by atoms with Crippen LogP contribution in [0.5, 0.6) is 5.75 Å². The highest BCUT2D eigenvalue weighted by atomic mass is 32.2. The number of hydrogen-bond acceptors (Lipinski definition) is 7. The van der Waals surface area contributed by atoms with Gasteiger partial charge in [-0.1, -0.05) is 0 Å². The molecule has 3 aromatic rings. The lowest BCUT2D eigenvalue weighted by Gasteiger charge is -2.19. The topological polar surface area (TPSA) is 127 Å². The molecular weight excluding hydrogens is 368 g/mol. The minimum absolute atomic E-state index is 0.0216. The normalized spacial score (nSPS) is 12.2. The zero-order valence-corrected chi connectivity index (χ0v) is 15.9. The molecule has 0 unspecified atom stereocenters. The van der Waals surface area contributed by atoms with E-state index in [4.69, 9.17) is 9.88 Å². The molecule has 27 heavy (non-hydrogen) atoms. The van der Waals surface area contributed by atoms with Crippen molar-refractivity contribution in [1.29, 1.82) is 0 Å². The molecule has 0 amide bonds. The number of fused-ring (bicyclic) bond motifs is 1. The molecule has 0 aliphatic heterocycles. The van der Waals surface area contributed by atoms with Crippen LogP contribution in [0, 0.1) is 0 Å². The molecule has 0 spiro atoms. The Balaban J connectivity index is 1.97. The van der Waals surface area contributed by atoms with Crippen LogP contribution in [-0.2, 0) is 15.6 Å². The van der Waals surface area contributed by atoms with Crippen LogP contribution in [-0.4, -0.2) is 30.6 Å². The average molecular weight is 388 g/mol. The number of methoxy groups -OCH3 is 1. The number of sulfonamides is 1. The summed E-state index contributed by atoms with van der Waals surface area (Å²) in [6, 6.07) is 9.48. The van der Waals surface area contributed by atoms with Crippen molar-refractivity contribution in [3.8, 4) is 5.75 Å². The summed E-state index contributed by atoms with van der Waals surface area (Å²) in [5, 5.41) is 19.1. The highest BCUT2D eigenvalue weighted by Crippen LogP contribution is 2.31. The third-order valence-corrected chi connectivity index (χ3v) is 4.94. The number of rotatable bonds is 5. The summed E-state index contributed by atoms with van der Waals surface area (Å²) in [7, 11) is -2.21. The SMILES string of the molecule is COc1cc(C(C)(C)O)cc2cnc(Nc3ccc(S(N)(=O)=O)cc3)nc12. The van der Waals surface area contributed by atoms with Crippen LogP contribution in [0.2, 0.25) is 0 Å². The van der Waals surface area contributed by atoms with E-state index in [2.05, 4.69) is 15.3 Å². The molecule has 4 N–H and O–H groups in total. The summed E-state index contributed by atoms with van der Waals surface area (Å²) >= 11 is 0. The van der Waals surface area contributed by atoms with Crippen LogP contribution in [0.1, 0.15) is 19.4 Å². The lowest BCUT2D eigenvalue weighted by Crippen LogP contribution is -2.15. The first kappa shape index (κ1) is 19.0. The Bertz CT molecular complexity index is 1090. The molecule has 142 valence electrons. The molecule has 3 rings (SSSR count). The molecule has 0 saturated carbocycles. The van der Waals surface area contributed by atoms with E-state index < -0.39 is 15.6 Å². The summed E-state index contributed by atoms with van der Waals surface area (Å²) in [5.74, 6) is 0.833. The minimum atomic E-state index is -3.74. The second kappa shape index (κ2) is 6.76. The second-order valence-electron chi connectivity index (χ2n) is 6.56. The lowest BCUT2D eigenvalue weighted by atomic mass is 9.96. The molecular formula is C18H20N4O4S. The summed E-state index contributed by atoms with van der Waals surface area (Å²) in [6.45, 7) is 3.38. The fraction of sp³-hybridized carbons (Fsp3) is 0.222. The second-order valence-corrected chi connectivity index (χ2v) is 8.12. The lowest BCUT2D eigenvalue weighted by molar-refractivity contribution is 0.0785. The van der Waals surface area contributed by atoms with E-state index in [9.17, 15) is 13.5 Å². The van der Waals surface area contributed by atoms with Crippen molar-refractivity contribution in [3.05, 3.63) is 48.2 Å². The minimum Gasteiger partial charge on any atom is -0.494 e. The molecule has 0 fully saturated rings. The number of nitrogens with zero attached hydrogens (tertiary/aromatic N) is 2. The van der Waals surface area contributed by atoms with Crippen molar-refractivity contribution in [2.24, 2.45) is 5.14 Å². The van der Waals surface area contributed by atoms with Gasteiger partial charge in [0.15, 0.2) is 0 Å². The van der Waals surface area contributed by atoms with Gasteiger partial charge in [0.05, 0.1) is 17.6 Å². The summed E-state index contributed by atoms with van der Waals surface area (Å²) < 4.78 is 28.0. The smallest absolute Gasteiger partial charge is 0.238 e. The summed E-state index contributed by atoms with van der Waals surface area (Å²) in [5.41, 5.74) is 0.858. The highest BCUT2D eigenvalue weighted by molar-refractivity contribution is 7.89. The number of primary sulfonamides is 1. The Kier molecular flexibility index (Phi) is 4.77. The first-order valence-corrected chi connectivity index (χ1v) is 9.60. The van der Waals surface area contributed by atoms with Crippen molar-refractivity contribution < 1.29 is 18.3 Å². The van der Waals surface area contributed by atoms with E-state index in [1.807, 2.05) is 6.07 Å². The first-order valence-electron chi connectivity index (χ1n) is 8.05. The zero-order valence-electron chi connectivity index (χ0n) is 15.1. The van der Waals surface area contributed by atoms with E-state index in [0.29, 0.717) is 28.5 Å². The van der Waals surface area contributed by atoms with Crippen molar-refractivity contribution >= 4 is 32.6 Å². The summed E-state index contributed by atoms with van der Waals surface area (Å²) in [4.78, 5) is 8.75. The van der Waals surface area contributed by atoms with Gasteiger partial charge in [-0.15, -0.1) is 0 Å². The van der Waals surface area contributed by atoms with Gasteiger partial charge in [0.1, 0.15) is 11.3 Å². The van der Waals surface area contributed by atoms with Gasteiger partial charge >= 0.3 is 0 Å². The van der Waals surface area contributed by atoms with Gasteiger partial charge in [-0.25, -0.2) is 23.5 Å². The molecule has 0 bridgehead atoms. The molecule has 1 aromatic heterocycles. The zero-order chi connectivity index (χ0) is 19.8. The van der Waals surface area contributed by atoms with E-state index >= 15 is 0 Å². The van der Waals surface area contributed by atoms with Crippen LogP contribution < -0.4 is 15.2 Å². The third kappa shape index (κ3) is 4.16. The van der Waals surface area contributed by atoms with E-state index in [1.54, 1.807) is 38.2 Å². The average Bonchev–Trinajstić information content (AvgIpc) is 2.59. The molecule has 8 nitrogen and oxygen atoms in total. The van der Waals surface area contributed by atoms with Crippen molar-refractivity contribution in [2.75, 3.05) is 12.4 Å². The number of ether oxygens (including phenoxy) is 1. The number of hydrogen-bond donors (Lipinski definition) is 3. The standard InChI is InChI=1S/C18H20N4O4S/c1-18(2,23)12-8-11-10-20-17(22-16(11)15(9-12)26-3)21-13-4-6-14(7-5-13)27(19,24)25/h4-10,23H,1-3H3,(H2,19,24,25)(H,20,21,22). The monoisotopic (exact) mass is 388 g/mol. The maximum atomic E-state index is 11.3. The predicted molar refractivity (Wildman–Crippen MR) is 102 cm³/mol. The van der Waals surface area contributed by atoms with Crippen LogP contribution in [0.4, 0.5) is 11.6 Å². The number of anilines is 2. The number of nitrogens with two attached hydrogens (primary N) is 1. The molecule has 9 heteroatoms. The van der Waals surface area contributed by atoms with Gasteiger partial charge in [-0.05, 0) is 55.8 Å². The van der Waals surface area contributed by atoms with Crippen LogP contribution in [0.15, 0.2) is 47.5 Å². The Morgan fingerprint density at radius 1 is 1.19 bits per heavy atom. The molecule has 0 saturated heterocycles. The van der Waals surface area contributed by atoms with E-state index in [1.165, 1.54) is 19.2 Å². The molecule has 0 aliphatic rings. The van der Waals surface area contributed by atoms with Crippen molar-refractivity contribution in [2.45, 2.75) is 24.3 Å². The van der Waals surface area contributed by atoms with Crippen molar-refractivity contribution in [3.63, 3.8) is 0 Å². The number of aliphatic hydroxyl groups is 1. The largest absolute Gasteiger partial charge is 0.494 e. The predicted octanol–water partition coefficient (Wildman–Crippen LogP) is 2.26. The Labute approximate surface area is 157 Å². The number of nitrogens with one attached hydrogen (secondary N) is 1. The maximum absolute atomic E-state index is 11.3. The van der Waals surface area contributed by atoms with Gasteiger partial charge in [-0.2, -0.15) is 0 Å². The maximum Gasteiger partial charge on any atom is 0.238 e. The molecule has 0 atom stereocenters. The molecule has 0 radical (unpaired) electrons. The Morgan fingerprint density at radius 2 is 1.85 bits per heavy atom. The summed E-state index contributed by atoms with van der Waals surface area (Å²) in [6.07, 6.45) is 1.63. The number of aromatic nitrogens is 2. The Morgan fingerprint density at radius 3 is 2.41 bits per heavy atom. The van der Waals surface area contributed by atoms with Crippen LogP contribution in [0.3, 0.4) is 0 Å². The fourth-order valence-electron chi connectivity index (χ4n) is 2.54. The number of benzene rings is 2. The Hall–Kier alpha value is -2.75. The molecule has 1 heterocycles.